The van der Waals surface area contributed by atoms with E-state index in [1.165, 1.54) is 25.1 Å². The summed E-state index contributed by atoms with van der Waals surface area (Å²) < 4.78 is 41.0. The number of rotatable bonds is 4. The molecule has 0 aliphatic carbocycles. The number of alkyl halides is 3. The van der Waals surface area contributed by atoms with Crippen molar-refractivity contribution < 1.29 is 17.9 Å². The molecule has 1 aromatic rings. The lowest BCUT2D eigenvalue weighted by molar-refractivity contribution is -0.154. The Bertz CT molecular complexity index is 526. The van der Waals surface area contributed by atoms with Gasteiger partial charge in [-0.05, 0) is 24.5 Å². The average Bonchev–Trinajstić information content (AvgIpc) is 2.80. The van der Waals surface area contributed by atoms with Crippen molar-refractivity contribution in [2.45, 2.75) is 38.4 Å². The van der Waals surface area contributed by atoms with Crippen LogP contribution in [0.3, 0.4) is 0 Å². The second-order valence-corrected chi connectivity index (χ2v) is 5.48. The predicted molar refractivity (Wildman–Crippen MR) is 81.2 cm³/mol. The molecule has 1 aliphatic rings. The molecule has 0 amide bonds. The van der Waals surface area contributed by atoms with Crippen molar-refractivity contribution in [2.75, 3.05) is 19.7 Å². The lowest BCUT2D eigenvalue weighted by atomic mass is 10.2. The molecule has 0 saturated carbocycles. The Labute approximate surface area is 133 Å². The molecule has 0 bridgehead atoms. The van der Waals surface area contributed by atoms with Gasteiger partial charge in [-0.2, -0.15) is 13.2 Å². The van der Waals surface area contributed by atoms with Crippen LogP contribution in [0.5, 0.6) is 5.88 Å². The van der Waals surface area contributed by atoms with E-state index in [1.54, 1.807) is 6.07 Å². The maximum absolute atomic E-state index is 12.1. The molecule has 23 heavy (non-hydrogen) atoms. The molecule has 0 atom stereocenters. The number of nitrogens with two attached hydrogens (primary N) is 1. The van der Waals surface area contributed by atoms with Gasteiger partial charge in [-0.3, -0.25) is 0 Å². The first-order chi connectivity index (χ1) is 10.9. The Morgan fingerprint density at radius 3 is 2.61 bits per heavy atom. The highest BCUT2D eigenvalue weighted by Gasteiger charge is 2.28. The largest absolute Gasteiger partial charge is 0.468 e. The maximum Gasteiger partial charge on any atom is 0.422 e. The quantitative estimate of drug-likeness (QED) is 0.681. The summed E-state index contributed by atoms with van der Waals surface area (Å²) in [6.07, 6.45) is 1.62. The first-order valence-electron chi connectivity index (χ1n) is 7.63. The van der Waals surface area contributed by atoms with Gasteiger partial charge in [0.2, 0.25) is 5.88 Å². The van der Waals surface area contributed by atoms with E-state index in [2.05, 4.69) is 19.6 Å². The second kappa shape index (κ2) is 8.03. The number of ether oxygens (including phenoxy) is 1. The molecule has 2 rings (SSSR count). The smallest absolute Gasteiger partial charge is 0.422 e. The molecule has 1 fully saturated rings. The van der Waals surface area contributed by atoms with Gasteiger partial charge < -0.3 is 15.4 Å². The number of halogens is 3. The number of nitrogens with zero attached hydrogens (tertiary/aromatic N) is 3. The Kier molecular flexibility index (Phi) is 6.06. The minimum atomic E-state index is -4.38. The first-order valence-corrected chi connectivity index (χ1v) is 7.63. The number of aliphatic imine (C=N–C) groups is 1. The van der Waals surface area contributed by atoms with Gasteiger partial charge in [0.25, 0.3) is 0 Å². The molecular weight excluding hydrogens is 309 g/mol. The summed E-state index contributed by atoms with van der Waals surface area (Å²) in [5.41, 5.74) is 6.70. The van der Waals surface area contributed by atoms with Crippen molar-refractivity contribution in [3.63, 3.8) is 0 Å². The highest BCUT2D eigenvalue weighted by atomic mass is 19.4. The van der Waals surface area contributed by atoms with Crippen molar-refractivity contribution in [1.82, 2.24) is 9.88 Å². The van der Waals surface area contributed by atoms with Crippen molar-refractivity contribution in [3.05, 3.63) is 23.9 Å². The molecular formula is C15H21F3N4O. The Morgan fingerprint density at radius 2 is 1.96 bits per heavy atom. The monoisotopic (exact) mass is 330 g/mol. The second-order valence-electron chi connectivity index (χ2n) is 5.48. The zero-order valence-corrected chi connectivity index (χ0v) is 12.9. The Hall–Kier alpha value is -1.99. The summed E-state index contributed by atoms with van der Waals surface area (Å²) in [4.78, 5) is 10.1. The van der Waals surface area contributed by atoms with Gasteiger partial charge in [-0.15, -0.1) is 0 Å². The summed E-state index contributed by atoms with van der Waals surface area (Å²) >= 11 is 0. The molecule has 0 unspecified atom stereocenters. The lowest BCUT2D eigenvalue weighted by Crippen LogP contribution is -2.38. The summed E-state index contributed by atoms with van der Waals surface area (Å²) in [6.45, 7) is 0.715. The lowest BCUT2D eigenvalue weighted by Gasteiger charge is -2.21. The fourth-order valence-electron chi connectivity index (χ4n) is 2.36. The van der Waals surface area contributed by atoms with E-state index in [9.17, 15) is 13.2 Å². The van der Waals surface area contributed by atoms with Crippen molar-refractivity contribution >= 4 is 5.96 Å². The highest BCUT2D eigenvalue weighted by molar-refractivity contribution is 5.78. The highest BCUT2D eigenvalue weighted by Crippen LogP contribution is 2.18. The van der Waals surface area contributed by atoms with Crippen LogP contribution in [0.15, 0.2) is 23.3 Å². The van der Waals surface area contributed by atoms with Crippen LogP contribution in [-0.4, -0.2) is 41.7 Å². The molecule has 2 heterocycles. The molecule has 1 saturated heterocycles. The van der Waals surface area contributed by atoms with E-state index >= 15 is 0 Å². The van der Waals surface area contributed by atoms with Crippen LogP contribution in [0.4, 0.5) is 13.2 Å². The normalized spacial score (nSPS) is 17.0. The third kappa shape index (κ3) is 6.33. The van der Waals surface area contributed by atoms with E-state index in [0.29, 0.717) is 11.5 Å². The molecule has 1 aliphatic heterocycles. The van der Waals surface area contributed by atoms with E-state index in [1.807, 2.05) is 0 Å². The number of likely N-dealkylation sites (tertiary alicyclic amines) is 1. The van der Waals surface area contributed by atoms with Crippen molar-refractivity contribution in [1.29, 1.82) is 0 Å². The summed E-state index contributed by atoms with van der Waals surface area (Å²) in [5.74, 6) is 0.407. The van der Waals surface area contributed by atoms with Gasteiger partial charge in [0.1, 0.15) is 0 Å². The van der Waals surface area contributed by atoms with Crippen LogP contribution in [0.1, 0.15) is 31.2 Å². The van der Waals surface area contributed by atoms with Crippen LogP contribution in [0.25, 0.3) is 0 Å². The number of pyridine rings is 1. The van der Waals surface area contributed by atoms with Crippen LogP contribution in [0, 0.1) is 0 Å². The van der Waals surface area contributed by atoms with Crippen LogP contribution < -0.4 is 10.5 Å². The number of guanidine groups is 1. The van der Waals surface area contributed by atoms with Gasteiger partial charge in [-0.1, -0.05) is 12.8 Å². The predicted octanol–water partition coefficient (Wildman–Crippen LogP) is 2.71. The molecule has 0 spiro atoms. The van der Waals surface area contributed by atoms with Crippen LogP contribution in [0.2, 0.25) is 0 Å². The molecule has 1 aromatic heterocycles. The minimum Gasteiger partial charge on any atom is -0.468 e. The third-order valence-electron chi connectivity index (χ3n) is 3.54. The van der Waals surface area contributed by atoms with Crippen LogP contribution in [-0.2, 0) is 6.54 Å². The van der Waals surface area contributed by atoms with Gasteiger partial charge in [0.05, 0.1) is 6.54 Å². The topological polar surface area (TPSA) is 63.7 Å². The van der Waals surface area contributed by atoms with Gasteiger partial charge in [0, 0.05) is 25.4 Å². The Balaban J connectivity index is 1.92. The van der Waals surface area contributed by atoms with E-state index in [0.717, 1.165) is 25.9 Å². The molecule has 2 N–H and O–H groups in total. The first kappa shape index (κ1) is 17.4. The average molecular weight is 330 g/mol. The number of hydrogen-bond donors (Lipinski definition) is 1. The summed E-state index contributed by atoms with van der Waals surface area (Å²) in [5, 5.41) is 0. The summed E-state index contributed by atoms with van der Waals surface area (Å²) in [6, 6.07) is 3.13. The zero-order valence-electron chi connectivity index (χ0n) is 12.9. The molecule has 8 heteroatoms. The maximum atomic E-state index is 12.1. The van der Waals surface area contributed by atoms with Crippen molar-refractivity contribution in [2.24, 2.45) is 10.7 Å². The van der Waals surface area contributed by atoms with E-state index in [-0.39, 0.29) is 12.4 Å². The standard InChI is InChI=1S/C15H21F3N4O/c16-15(17,18)11-23-13-9-12(5-6-20-13)10-21-14(19)22-7-3-1-2-4-8-22/h5-6,9H,1-4,7-8,10-11H2,(H2,19,21). The molecule has 5 nitrogen and oxygen atoms in total. The van der Waals surface area contributed by atoms with Gasteiger partial charge in [-0.25, -0.2) is 9.98 Å². The van der Waals surface area contributed by atoms with Crippen LogP contribution >= 0.6 is 0 Å². The van der Waals surface area contributed by atoms with E-state index in [4.69, 9.17) is 5.73 Å². The Morgan fingerprint density at radius 1 is 1.26 bits per heavy atom. The number of hydrogen-bond acceptors (Lipinski definition) is 3. The van der Waals surface area contributed by atoms with Crippen molar-refractivity contribution in [3.8, 4) is 5.88 Å². The van der Waals surface area contributed by atoms with Gasteiger partial charge >= 0.3 is 6.18 Å². The SMILES string of the molecule is NC(=NCc1ccnc(OCC(F)(F)F)c1)N1CCCCCC1. The molecule has 0 aromatic carbocycles. The fourth-order valence-corrected chi connectivity index (χ4v) is 2.36. The molecule has 128 valence electrons. The van der Waals surface area contributed by atoms with E-state index < -0.39 is 12.8 Å². The van der Waals surface area contributed by atoms with Gasteiger partial charge in [0.15, 0.2) is 12.6 Å². The zero-order chi connectivity index (χ0) is 16.7. The molecule has 0 radical (unpaired) electrons. The summed E-state index contributed by atoms with van der Waals surface area (Å²) in [7, 11) is 0. The fraction of sp³-hybridized carbons (Fsp3) is 0.600. The number of aromatic nitrogens is 1. The minimum absolute atomic E-state index is 0.0663. The third-order valence-corrected chi connectivity index (χ3v) is 3.54.